The molecule has 5 nitrogen and oxygen atoms in total. The van der Waals surface area contributed by atoms with Gasteiger partial charge in [0.05, 0.1) is 17.1 Å². The van der Waals surface area contributed by atoms with E-state index in [0.717, 1.165) is 82.7 Å². The van der Waals surface area contributed by atoms with Crippen LogP contribution in [0, 0.1) is 5.92 Å². The third-order valence-corrected chi connectivity index (χ3v) is 8.19. The zero-order chi connectivity index (χ0) is 18.6. The SMILES string of the molecule is CCCCn1c(CN2CCC[C@@H](C)C2)cnc1S(=O)(=O)C1CCCCC1. The van der Waals surface area contributed by atoms with Crippen molar-refractivity contribution in [3.8, 4) is 0 Å². The molecule has 2 aliphatic rings. The molecule has 0 bridgehead atoms. The second-order valence-corrected chi connectivity index (χ2v) is 10.4. The molecule has 1 saturated heterocycles. The van der Waals surface area contributed by atoms with Crippen LogP contribution in [0.1, 0.15) is 77.3 Å². The first-order valence-electron chi connectivity index (χ1n) is 10.5. The first-order chi connectivity index (χ1) is 12.5. The Morgan fingerprint density at radius 1 is 1.15 bits per heavy atom. The van der Waals surface area contributed by atoms with Gasteiger partial charge in [0.2, 0.25) is 15.0 Å². The molecule has 0 radical (unpaired) electrons. The van der Waals surface area contributed by atoms with E-state index in [2.05, 4.69) is 23.7 Å². The maximum atomic E-state index is 13.2. The lowest BCUT2D eigenvalue weighted by Gasteiger charge is -2.31. The summed E-state index contributed by atoms with van der Waals surface area (Å²) in [6, 6.07) is 0. The second kappa shape index (κ2) is 8.87. The van der Waals surface area contributed by atoms with Crippen LogP contribution in [0.25, 0.3) is 0 Å². The number of nitrogens with zero attached hydrogens (tertiary/aromatic N) is 3. The van der Waals surface area contributed by atoms with Crippen LogP contribution < -0.4 is 0 Å². The zero-order valence-electron chi connectivity index (χ0n) is 16.5. The van der Waals surface area contributed by atoms with Crippen LogP contribution >= 0.6 is 0 Å². The van der Waals surface area contributed by atoms with Gasteiger partial charge in [-0.25, -0.2) is 13.4 Å². The summed E-state index contributed by atoms with van der Waals surface area (Å²) >= 11 is 0. The fourth-order valence-electron chi connectivity index (χ4n) is 4.48. The van der Waals surface area contributed by atoms with Gasteiger partial charge < -0.3 is 4.57 Å². The lowest BCUT2D eigenvalue weighted by molar-refractivity contribution is 0.172. The van der Waals surface area contributed by atoms with Crippen molar-refractivity contribution >= 4 is 9.84 Å². The molecule has 0 unspecified atom stereocenters. The van der Waals surface area contributed by atoms with Crippen molar-refractivity contribution in [1.82, 2.24) is 14.5 Å². The number of imidazole rings is 1. The normalized spacial score (nSPS) is 23.4. The van der Waals surface area contributed by atoms with Crippen molar-refractivity contribution in [3.05, 3.63) is 11.9 Å². The van der Waals surface area contributed by atoms with Crippen LogP contribution in [-0.4, -0.2) is 41.2 Å². The van der Waals surface area contributed by atoms with E-state index in [1.807, 2.05) is 10.8 Å². The van der Waals surface area contributed by atoms with E-state index >= 15 is 0 Å². The summed E-state index contributed by atoms with van der Waals surface area (Å²) in [5.74, 6) is 0.723. The molecule has 3 rings (SSSR count). The van der Waals surface area contributed by atoms with E-state index in [-0.39, 0.29) is 5.25 Å². The van der Waals surface area contributed by atoms with Crippen molar-refractivity contribution in [3.63, 3.8) is 0 Å². The summed E-state index contributed by atoms with van der Waals surface area (Å²) < 4.78 is 28.5. The van der Waals surface area contributed by atoms with Crippen LogP contribution in [0.2, 0.25) is 0 Å². The summed E-state index contributed by atoms with van der Waals surface area (Å²) in [4.78, 5) is 6.91. The average molecular weight is 382 g/mol. The predicted octanol–water partition coefficient (Wildman–Crippen LogP) is 4.02. The highest BCUT2D eigenvalue weighted by molar-refractivity contribution is 7.91. The minimum absolute atomic E-state index is 0.234. The maximum Gasteiger partial charge on any atom is 0.228 e. The summed E-state index contributed by atoms with van der Waals surface area (Å²) in [6.45, 7) is 8.24. The predicted molar refractivity (Wildman–Crippen MR) is 105 cm³/mol. The number of likely N-dealkylation sites (tertiary alicyclic amines) is 1. The van der Waals surface area contributed by atoms with Crippen LogP contribution in [0.5, 0.6) is 0 Å². The molecule has 2 heterocycles. The molecule has 1 saturated carbocycles. The molecule has 1 aliphatic carbocycles. The van der Waals surface area contributed by atoms with Gasteiger partial charge in [0, 0.05) is 19.6 Å². The summed E-state index contributed by atoms with van der Waals surface area (Å²) in [7, 11) is -3.32. The molecule has 0 spiro atoms. The van der Waals surface area contributed by atoms with Gasteiger partial charge in [-0.1, -0.05) is 39.5 Å². The number of piperidine rings is 1. The molecule has 26 heavy (non-hydrogen) atoms. The first kappa shape index (κ1) is 19.9. The van der Waals surface area contributed by atoms with Crippen molar-refractivity contribution in [2.75, 3.05) is 13.1 Å². The Bertz CT molecular complexity index is 677. The Hall–Kier alpha value is -0.880. The van der Waals surface area contributed by atoms with Gasteiger partial charge in [-0.15, -0.1) is 0 Å². The zero-order valence-corrected chi connectivity index (χ0v) is 17.3. The molecule has 0 amide bonds. The number of unbranched alkanes of at least 4 members (excludes halogenated alkanes) is 1. The van der Waals surface area contributed by atoms with Crippen molar-refractivity contribution in [2.45, 2.75) is 95.1 Å². The van der Waals surface area contributed by atoms with Gasteiger partial charge in [0.1, 0.15) is 0 Å². The van der Waals surface area contributed by atoms with Gasteiger partial charge in [0.25, 0.3) is 0 Å². The molecule has 1 aromatic rings. The monoisotopic (exact) mass is 381 g/mol. The second-order valence-electron chi connectivity index (χ2n) is 8.32. The fourth-order valence-corrected chi connectivity index (χ4v) is 6.45. The van der Waals surface area contributed by atoms with E-state index < -0.39 is 9.84 Å². The molecular formula is C20H35N3O2S. The third kappa shape index (κ3) is 4.50. The lowest BCUT2D eigenvalue weighted by atomic mass is 10.0. The largest absolute Gasteiger partial charge is 0.318 e. The number of sulfone groups is 1. The molecule has 1 atom stereocenters. The maximum absolute atomic E-state index is 13.2. The fraction of sp³-hybridized carbons (Fsp3) is 0.850. The van der Waals surface area contributed by atoms with Crippen LogP contribution in [0.15, 0.2) is 11.4 Å². The Morgan fingerprint density at radius 2 is 1.92 bits per heavy atom. The Balaban J connectivity index is 1.84. The van der Waals surface area contributed by atoms with Gasteiger partial charge in [0.15, 0.2) is 0 Å². The summed E-state index contributed by atoms with van der Waals surface area (Å²) in [5.41, 5.74) is 1.07. The standard InChI is InChI=1S/C20H35N3O2S/c1-3-4-13-23-18(16-22-12-8-9-17(2)15-22)14-21-20(23)26(24,25)19-10-6-5-7-11-19/h14,17,19H,3-13,15-16H2,1-2H3/t17-/m1/s1. The highest BCUT2D eigenvalue weighted by atomic mass is 32.2. The summed E-state index contributed by atoms with van der Waals surface area (Å²) in [6.07, 6.45) is 11.2. The van der Waals surface area contributed by atoms with Crippen LogP contribution in [-0.2, 0) is 22.9 Å². The lowest BCUT2D eigenvalue weighted by Crippen LogP contribution is -2.34. The highest BCUT2D eigenvalue weighted by Crippen LogP contribution is 2.29. The number of rotatable bonds is 7. The first-order valence-corrected chi connectivity index (χ1v) is 12.1. The van der Waals surface area contributed by atoms with Crippen LogP contribution in [0.4, 0.5) is 0 Å². The number of hydrogen-bond acceptors (Lipinski definition) is 4. The quantitative estimate of drug-likeness (QED) is 0.716. The number of aromatic nitrogens is 2. The Labute approximate surface area is 159 Å². The van der Waals surface area contributed by atoms with E-state index in [1.165, 1.54) is 12.8 Å². The molecule has 6 heteroatoms. The molecule has 1 aliphatic heterocycles. The van der Waals surface area contributed by atoms with Crippen molar-refractivity contribution in [2.24, 2.45) is 5.92 Å². The molecule has 0 N–H and O–H groups in total. The molecule has 148 valence electrons. The van der Waals surface area contributed by atoms with Gasteiger partial charge in [-0.2, -0.15) is 0 Å². The van der Waals surface area contributed by atoms with Crippen LogP contribution in [0.3, 0.4) is 0 Å². The Kier molecular flexibility index (Phi) is 6.78. The minimum atomic E-state index is -3.32. The van der Waals surface area contributed by atoms with Gasteiger partial charge >= 0.3 is 0 Å². The van der Waals surface area contributed by atoms with Crippen molar-refractivity contribution in [1.29, 1.82) is 0 Å². The molecule has 1 aromatic heterocycles. The van der Waals surface area contributed by atoms with E-state index in [0.29, 0.717) is 5.16 Å². The third-order valence-electron chi connectivity index (χ3n) is 6.01. The topological polar surface area (TPSA) is 55.2 Å². The molecule has 2 fully saturated rings. The number of hydrogen-bond donors (Lipinski definition) is 0. The Morgan fingerprint density at radius 3 is 2.62 bits per heavy atom. The summed E-state index contributed by atoms with van der Waals surface area (Å²) in [5, 5.41) is 0.0970. The van der Waals surface area contributed by atoms with Crippen molar-refractivity contribution < 1.29 is 8.42 Å². The van der Waals surface area contributed by atoms with E-state index in [9.17, 15) is 8.42 Å². The van der Waals surface area contributed by atoms with E-state index in [1.54, 1.807) is 0 Å². The van der Waals surface area contributed by atoms with E-state index in [4.69, 9.17) is 0 Å². The molecule has 0 aromatic carbocycles. The highest BCUT2D eigenvalue weighted by Gasteiger charge is 2.33. The smallest absolute Gasteiger partial charge is 0.228 e. The van der Waals surface area contributed by atoms with Gasteiger partial charge in [-0.3, -0.25) is 4.90 Å². The minimum Gasteiger partial charge on any atom is -0.318 e. The average Bonchev–Trinajstić information content (AvgIpc) is 3.04. The molecular weight excluding hydrogens is 346 g/mol. The van der Waals surface area contributed by atoms with Gasteiger partial charge in [-0.05, 0) is 44.6 Å².